The summed E-state index contributed by atoms with van der Waals surface area (Å²) in [7, 11) is 0. The first kappa shape index (κ1) is 19.6. The molecule has 0 bridgehead atoms. The summed E-state index contributed by atoms with van der Waals surface area (Å²) in [6, 6.07) is 16.8. The topological polar surface area (TPSA) is 98.7 Å². The summed E-state index contributed by atoms with van der Waals surface area (Å²) < 4.78 is 0. The van der Waals surface area contributed by atoms with Crippen LogP contribution in [0.3, 0.4) is 0 Å². The van der Waals surface area contributed by atoms with Crippen molar-refractivity contribution in [2.24, 2.45) is 0 Å². The maximum Gasteiger partial charge on any atom is 0.325 e. The van der Waals surface area contributed by atoms with Crippen molar-refractivity contribution in [3.8, 4) is 0 Å². The molecular weight excluding hydrogens is 358 g/mol. The van der Waals surface area contributed by atoms with Gasteiger partial charge in [0.1, 0.15) is 6.04 Å². The summed E-state index contributed by atoms with van der Waals surface area (Å²) in [4.78, 5) is 38.1. The molecule has 7 heteroatoms. The second kappa shape index (κ2) is 9.14. The van der Waals surface area contributed by atoms with E-state index in [0.717, 1.165) is 16.0 Å². The van der Waals surface area contributed by atoms with Crippen molar-refractivity contribution >= 4 is 17.8 Å². The van der Waals surface area contributed by atoms with Gasteiger partial charge in [0.15, 0.2) is 0 Å². The van der Waals surface area contributed by atoms with Crippen LogP contribution in [0, 0.1) is 0 Å². The Morgan fingerprint density at radius 3 is 2.25 bits per heavy atom. The molecule has 0 saturated carbocycles. The van der Waals surface area contributed by atoms with E-state index in [1.165, 1.54) is 0 Å². The highest BCUT2D eigenvalue weighted by atomic mass is 16.3. The van der Waals surface area contributed by atoms with Crippen LogP contribution in [0.15, 0.2) is 60.7 Å². The minimum absolute atomic E-state index is 0.164. The Bertz CT molecular complexity index is 826. The zero-order chi connectivity index (χ0) is 19.9. The zero-order valence-corrected chi connectivity index (χ0v) is 15.4. The van der Waals surface area contributed by atoms with E-state index >= 15 is 0 Å². The molecule has 0 spiro atoms. The third kappa shape index (κ3) is 4.95. The van der Waals surface area contributed by atoms with Crippen LogP contribution in [-0.2, 0) is 22.6 Å². The molecule has 1 fully saturated rings. The van der Waals surface area contributed by atoms with E-state index < -0.39 is 29.9 Å². The smallest absolute Gasteiger partial charge is 0.325 e. The number of imide groups is 1. The first-order chi connectivity index (χ1) is 13.6. The lowest BCUT2D eigenvalue weighted by atomic mass is 10.1. The Hall–Kier alpha value is -3.19. The van der Waals surface area contributed by atoms with Crippen molar-refractivity contribution < 1.29 is 19.5 Å². The summed E-state index contributed by atoms with van der Waals surface area (Å²) in [6.45, 7) is -0.0529. The van der Waals surface area contributed by atoms with Crippen LogP contribution in [0.4, 0.5) is 4.79 Å². The van der Waals surface area contributed by atoms with Gasteiger partial charge in [-0.05, 0) is 17.5 Å². The molecule has 28 heavy (non-hydrogen) atoms. The number of carbonyl (C=O) groups excluding carboxylic acids is 3. The summed E-state index contributed by atoms with van der Waals surface area (Å²) >= 11 is 0. The fourth-order valence-corrected chi connectivity index (χ4v) is 3.16. The van der Waals surface area contributed by atoms with Crippen LogP contribution >= 0.6 is 0 Å². The maximum atomic E-state index is 12.5. The molecule has 0 radical (unpaired) electrons. The standard InChI is InChI=1S/C21H23N3O4/c25-14-17(11-15-7-3-1-4-8-15)22-19(26)12-18-20(27)24(21(28)23-18)13-16-9-5-2-6-10-16/h1-10,17-18,25H,11-14H2,(H,22,26)(H,23,28). The monoisotopic (exact) mass is 381 g/mol. The summed E-state index contributed by atoms with van der Waals surface area (Å²) in [5.74, 6) is -0.817. The lowest BCUT2D eigenvalue weighted by molar-refractivity contribution is -0.131. The Balaban J connectivity index is 1.54. The number of urea groups is 1. The molecule has 1 aliphatic rings. The maximum absolute atomic E-state index is 12.5. The molecule has 2 aromatic carbocycles. The lowest BCUT2D eigenvalue weighted by Gasteiger charge is -2.17. The highest BCUT2D eigenvalue weighted by Crippen LogP contribution is 2.14. The van der Waals surface area contributed by atoms with Gasteiger partial charge < -0.3 is 15.7 Å². The SMILES string of the molecule is O=C(CC1NC(=O)N(Cc2ccccc2)C1=O)NC(CO)Cc1ccccc1. The van der Waals surface area contributed by atoms with Gasteiger partial charge in [0.25, 0.3) is 5.91 Å². The predicted octanol–water partition coefficient (Wildman–Crippen LogP) is 1.22. The highest BCUT2D eigenvalue weighted by Gasteiger charge is 2.39. The van der Waals surface area contributed by atoms with E-state index in [9.17, 15) is 19.5 Å². The number of benzene rings is 2. The Morgan fingerprint density at radius 2 is 1.64 bits per heavy atom. The van der Waals surface area contributed by atoms with Gasteiger partial charge in [-0.1, -0.05) is 60.7 Å². The van der Waals surface area contributed by atoms with Crippen LogP contribution in [0.5, 0.6) is 0 Å². The Labute approximate surface area is 163 Å². The molecule has 4 amide bonds. The Morgan fingerprint density at radius 1 is 1.04 bits per heavy atom. The van der Waals surface area contributed by atoms with E-state index in [0.29, 0.717) is 6.42 Å². The van der Waals surface area contributed by atoms with Crippen molar-refractivity contribution in [2.45, 2.75) is 31.5 Å². The number of aliphatic hydroxyl groups excluding tert-OH is 1. The third-order valence-corrected chi connectivity index (χ3v) is 4.59. The molecule has 1 aliphatic heterocycles. The van der Waals surface area contributed by atoms with E-state index in [1.807, 2.05) is 60.7 Å². The Kier molecular flexibility index (Phi) is 6.39. The average molecular weight is 381 g/mol. The molecular formula is C21H23N3O4. The number of hydrogen-bond acceptors (Lipinski definition) is 4. The molecule has 2 unspecified atom stereocenters. The second-order valence-corrected chi connectivity index (χ2v) is 6.75. The normalized spacial score (nSPS) is 17.3. The van der Waals surface area contributed by atoms with Crippen LogP contribution in [0.2, 0.25) is 0 Å². The number of nitrogens with one attached hydrogen (secondary N) is 2. The molecule has 1 heterocycles. The molecule has 0 aromatic heterocycles. The van der Waals surface area contributed by atoms with Crippen molar-refractivity contribution in [1.29, 1.82) is 0 Å². The minimum Gasteiger partial charge on any atom is -0.394 e. The van der Waals surface area contributed by atoms with E-state index in [-0.39, 0.29) is 19.6 Å². The first-order valence-corrected chi connectivity index (χ1v) is 9.16. The van der Waals surface area contributed by atoms with Crippen LogP contribution < -0.4 is 10.6 Å². The minimum atomic E-state index is -0.896. The van der Waals surface area contributed by atoms with E-state index in [2.05, 4.69) is 10.6 Å². The fraction of sp³-hybridized carbons (Fsp3) is 0.286. The summed E-state index contributed by atoms with van der Waals surface area (Å²) in [6.07, 6.45) is 0.315. The van der Waals surface area contributed by atoms with Crippen molar-refractivity contribution in [3.63, 3.8) is 0 Å². The number of nitrogens with zero attached hydrogens (tertiary/aromatic N) is 1. The fourth-order valence-electron chi connectivity index (χ4n) is 3.16. The van der Waals surface area contributed by atoms with Gasteiger partial charge in [-0.2, -0.15) is 0 Å². The van der Waals surface area contributed by atoms with Gasteiger partial charge in [0.05, 0.1) is 25.6 Å². The van der Waals surface area contributed by atoms with Gasteiger partial charge in [0.2, 0.25) is 5.91 Å². The van der Waals surface area contributed by atoms with Crippen LogP contribution in [0.25, 0.3) is 0 Å². The summed E-state index contributed by atoms with van der Waals surface area (Å²) in [5.41, 5.74) is 1.82. The molecule has 3 rings (SSSR count). The molecule has 146 valence electrons. The second-order valence-electron chi connectivity index (χ2n) is 6.75. The molecule has 0 aliphatic carbocycles. The first-order valence-electron chi connectivity index (χ1n) is 9.16. The summed E-state index contributed by atoms with van der Waals surface area (Å²) in [5, 5.41) is 14.8. The number of rotatable bonds is 8. The number of carbonyl (C=O) groups is 3. The molecule has 2 atom stereocenters. The molecule has 3 N–H and O–H groups in total. The zero-order valence-electron chi connectivity index (χ0n) is 15.4. The van der Waals surface area contributed by atoms with Gasteiger partial charge in [-0.3, -0.25) is 14.5 Å². The van der Waals surface area contributed by atoms with Gasteiger partial charge in [-0.25, -0.2) is 4.79 Å². The quantitative estimate of drug-likeness (QED) is 0.599. The van der Waals surface area contributed by atoms with Crippen molar-refractivity contribution in [3.05, 3.63) is 71.8 Å². The molecule has 7 nitrogen and oxygen atoms in total. The number of hydrogen-bond donors (Lipinski definition) is 3. The van der Waals surface area contributed by atoms with Gasteiger partial charge >= 0.3 is 6.03 Å². The van der Waals surface area contributed by atoms with E-state index in [4.69, 9.17) is 0 Å². The van der Waals surface area contributed by atoms with Crippen molar-refractivity contribution in [1.82, 2.24) is 15.5 Å². The number of amides is 4. The highest BCUT2D eigenvalue weighted by molar-refractivity contribution is 6.05. The van der Waals surface area contributed by atoms with E-state index in [1.54, 1.807) is 0 Å². The van der Waals surface area contributed by atoms with Gasteiger partial charge in [-0.15, -0.1) is 0 Å². The largest absolute Gasteiger partial charge is 0.394 e. The average Bonchev–Trinajstić information content (AvgIpc) is 2.96. The van der Waals surface area contributed by atoms with Gasteiger partial charge in [0, 0.05) is 0 Å². The molecule has 2 aromatic rings. The predicted molar refractivity (Wildman–Crippen MR) is 103 cm³/mol. The third-order valence-electron chi connectivity index (χ3n) is 4.59. The number of aliphatic hydroxyl groups is 1. The van der Waals surface area contributed by atoms with Crippen LogP contribution in [-0.4, -0.2) is 46.5 Å². The van der Waals surface area contributed by atoms with Crippen molar-refractivity contribution in [2.75, 3.05) is 6.61 Å². The van der Waals surface area contributed by atoms with Crippen LogP contribution in [0.1, 0.15) is 17.5 Å². The molecule has 1 saturated heterocycles. The lowest BCUT2D eigenvalue weighted by Crippen LogP contribution is -2.43.